The van der Waals surface area contributed by atoms with Crippen LogP contribution in [0.3, 0.4) is 0 Å². The summed E-state index contributed by atoms with van der Waals surface area (Å²) in [5.74, 6) is 0.973. The molecule has 0 aliphatic carbocycles. The van der Waals surface area contributed by atoms with Crippen molar-refractivity contribution in [3.05, 3.63) is 41.9 Å². The molecule has 0 unspecified atom stereocenters. The van der Waals surface area contributed by atoms with Crippen LogP contribution in [-0.2, 0) is 0 Å². The smallest absolute Gasteiger partial charge is 0.227 e. The van der Waals surface area contributed by atoms with Crippen LogP contribution in [0.2, 0.25) is 0 Å². The van der Waals surface area contributed by atoms with Crippen LogP contribution in [-0.4, -0.2) is 47.0 Å². The van der Waals surface area contributed by atoms with Gasteiger partial charge >= 0.3 is 0 Å². The summed E-state index contributed by atoms with van der Waals surface area (Å²) in [5, 5.41) is 12.6. The molecule has 0 aromatic carbocycles. The molecule has 8 heteroatoms. The third-order valence-electron chi connectivity index (χ3n) is 4.27. The van der Waals surface area contributed by atoms with E-state index in [0.717, 1.165) is 5.70 Å². The number of aromatic nitrogens is 3. The predicted molar refractivity (Wildman–Crippen MR) is 96.8 cm³/mol. The van der Waals surface area contributed by atoms with Crippen LogP contribution in [0.4, 0.5) is 16.2 Å². The molecule has 0 bridgehead atoms. The molecule has 4 rings (SSSR count). The van der Waals surface area contributed by atoms with Crippen molar-refractivity contribution in [2.45, 2.75) is 12.6 Å². The molecule has 1 fully saturated rings. The number of halogens is 1. The Morgan fingerprint density at radius 2 is 2.27 bits per heavy atom. The average Bonchev–Trinajstić information content (AvgIpc) is 3.33. The zero-order valence-electron chi connectivity index (χ0n) is 13.9. The zero-order chi connectivity index (χ0) is 17.9. The number of anilines is 2. The summed E-state index contributed by atoms with van der Waals surface area (Å²) >= 11 is 0. The molecule has 4 heterocycles. The van der Waals surface area contributed by atoms with Crippen molar-refractivity contribution in [3.63, 3.8) is 0 Å². The van der Waals surface area contributed by atoms with Crippen LogP contribution in [0, 0.1) is 11.3 Å². The van der Waals surface area contributed by atoms with E-state index in [2.05, 4.69) is 31.3 Å². The largest absolute Gasteiger partial charge is 0.352 e. The van der Waals surface area contributed by atoms with Gasteiger partial charge in [-0.25, -0.2) is 19.3 Å². The number of alkyl halides is 1. The molecular weight excluding hydrogens is 333 g/mol. The lowest BCUT2D eigenvalue weighted by molar-refractivity contribution is 0.364. The summed E-state index contributed by atoms with van der Waals surface area (Å²) in [6, 6.07) is 5.65. The highest BCUT2D eigenvalue weighted by Gasteiger charge is 2.25. The van der Waals surface area contributed by atoms with Gasteiger partial charge in [0.1, 0.15) is 18.1 Å². The number of hydrogen-bond acceptors (Lipinski definition) is 7. The zero-order valence-corrected chi connectivity index (χ0v) is 13.9. The maximum absolute atomic E-state index is 13.5. The quantitative estimate of drug-likeness (QED) is 0.911. The first-order chi connectivity index (χ1) is 12.7. The summed E-state index contributed by atoms with van der Waals surface area (Å²) in [5.41, 5.74) is 2.62. The molecule has 1 saturated heterocycles. The van der Waals surface area contributed by atoms with Crippen molar-refractivity contribution >= 4 is 18.0 Å². The minimum absolute atomic E-state index is 0.277. The summed E-state index contributed by atoms with van der Waals surface area (Å²) in [6.07, 6.45) is 6.57. The Labute approximate surface area is 149 Å². The first-order valence-corrected chi connectivity index (χ1v) is 8.32. The van der Waals surface area contributed by atoms with Crippen molar-refractivity contribution < 1.29 is 4.39 Å². The van der Waals surface area contributed by atoms with E-state index in [9.17, 15) is 9.65 Å². The molecule has 2 aromatic rings. The molecule has 0 amide bonds. The van der Waals surface area contributed by atoms with Crippen molar-refractivity contribution in [1.82, 2.24) is 15.0 Å². The second-order valence-corrected chi connectivity index (χ2v) is 6.08. The number of aliphatic imine (C=N–C) groups is 1. The first kappa shape index (κ1) is 16.1. The molecular formula is C18H16FN7. The summed E-state index contributed by atoms with van der Waals surface area (Å²) in [7, 11) is 0. The van der Waals surface area contributed by atoms with E-state index in [1.807, 2.05) is 11.0 Å². The lowest BCUT2D eigenvalue weighted by Gasteiger charge is -2.18. The Morgan fingerprint density at radius 3 is 3.00 bits per heavy atom. The Balaban J connectivity index is 1.61. The molecule has 1 atom stereocenters. The second kappa shape index (κ2) is 6.88. The Hall–Kier alpha value is -3.34. The second-order valence-electron chi connectivity index (χ2n) is 6.08. The molecule has 2 aliphatic heterocycles. The number of allylic oxidation sites excluding steroid dienone is 1. The van der Waals surface area contributed by atoms with E-state index in [4.69, 9.17) is 0 Å². The topological polar surface area (TPSA) is 90.1 Å². The van der Waals surface area contributed by atoms with Gasteiger partial charge in [0.15, 0.2) is 0 Å². The van der Waals surface area contributed by atoms with E-state index < -0.39 is 6.17 Å². The van der Waals surface area contributed by atoms with Gasteiger partial charge in [-0.2, -0.15) is 5.26 Å². The third kappa shape index (κ3) is 3.24. The van der Waals surface area contributed by atoms with E-state index in [1.165, 1.54) is 0 Å². The number of rotatable bonds is 4. The van der Waals surface area contributed by atoms with E-state index in [1.54, 1.807) is 30.7 Å². The fourth-order valence-corrected chi connectivity index (χ4v) is 2.99. The van der Waals surface area contributed by atoms with Crippen LogP contribution >= 0.6 is 0 Å². The Morgan fingerprint density at radius 1 is 1.35 bits per heavy atom. The first-order valence-electron chi connectivity index (χ1n) is 8.32. The lowest BCUT2D eigenvalue weighted by Crippen LogP contribution is -2.22. The number of nitriles is 1. The van der Waals surface area contributed by atoms with Gasteiger partial charge < -0.3 is 10.2 Å². The highest BCUT2D eigenvalue weighted by atomic mass is 19.1. The van der Waals surface area contributed by atoms with Gasteiger partial charge in [-0.15, -0.1) is 0 Å². The molecule has 1 N–H and O–H groups in total. The molecule has 0 radical (unpaired) electrons. The minimum atomic E-state index is -0.869. The Bertz CT molecular complexity index is 931. The summed E-state index contributed by atoms with van der Waals surface area (Å²) < 4.78 is 13.5. The molecule has 0 saturated carbocycles. The van der Waals surface area contributed by atoms with Gasteiger partial charge in [-0.3, -0.25) is 4.99 Å². The van der Waals surface area contributed by atoms with E-state index in [0.29, 0.717) is 48.1 Å². The van der Waals surface area contributed by atoms with Gasteiger partial charge in [0.2, 0.25) is 5.95 Å². The van der Waals surface area contributed by atoms with Gasteiger partial charge in [0, 0.05) is 30.7 Å². The van der Waals surface area contributed by atoms with Crippen molar-refractivity contribution in [2.75, 3.05) is 29.9 Å². The van der Waals surface area contributed by atoms with Crippen LogP contribution < -0.4 is 10.2 Å². The molecule has 26 heavy (non-hydrogen) atoms. The number of nitrogens with one attached hydrogen (secondary N) is 1. The number of nitrogens with zero attached hydrogens (tertiary/aromatic N) is 6. The normalized spacial score (nSPS) is 18.7. The van der Waals surface area contributed by atoms with Crippen molar-refractivity contribution in [1.29, 1.82) is 5.26 Å². The average molecular weight is 349 g/mol. The molecule has 2 aliphatic rings. The highest BCUT2D eigenvalue weighted by molar-refractivity contribution is 5.84. The summed E-state index contributed by atoms with van der Waals surface area (Å²) in [6.45, 7) is 1.49. The number of hydrogen-bond donors (Lipinski definition) is 1. The van der Waals surface area contributed by atoms with Gasteiger partial charge in [0.05, 0.1) is 30.0 Å². The van der Waals surface area contributed by atoms with E-state index >= 15 is 0 Å². The third-order valence-corrected chi connectivity index (χ3v) is 4.27. The van der Waals surface area contributed by atoms with Crippen LogP contribution in [0.1, 0.15) is 12.0 Å². The van der Waals surface area contributed by atoms with Crippen LogP contribution in [0.25, 0.3) is 11.3 Å². The van der Waals surface area contributed by atoms with Gasteiger partial charge in [-0.1, -0.05) is 0 Å². The predicted octanol–water partition coefficient (Wildman–Crippen LogP) is 2.34. The Kier molecular flexibility index (Phi) is 4.27. The maximum Gasteiger partial charge on any atom is 0.227 e. The SMILES string of the molecule is N#Cc1cc(-c2ccnc(NC3=CCN=C3)n2)cnc1N1CC[C@H](F)C1. The fourth-order valence-electron chi connectivity index (χ4n) is 2.99. The lowest BCUT2D eigenvalue weighted by atomic mass is 10.1. The molecule has 130 valence electrons. The monoisotopic (exact) mass is 349 g/mol. The van der Waals surface area contributed by atoms with Crippen LogP contribution in [0.15, 0.2) is 41.3 Å². The van der Waals surface area contributed by atoms with Crippen molar-refractivity contribution in [2.24, 2.45) is 4.99 Å². The standard InChI is InChI=1S/C18H16FN7/c19-14-3-6-26(11-14)17-12(8-20)7-13(9-23-17)16-2-5-22-18(25-16)24-15-1-4-21-10-15/h1-2,5,7,9-10,14H,3-4,6,11H2,(H,22,24,25)/t14-/m0/s1. The van der Waals surface area contributed by atoms with Crippen LogP contribution in [0.5, 0.6) is 0 Å². The minimum Gasteiger partial charge on any atom is -0.352 e. The van der Waals surface area contributed by atoms with Crippen molar-refractivity contribution in [3.8, 4) is 17.3 Å². The fraction of sp³-hybridized carbons (Fsp3) is 0.278. The van der Waals surface area contributed by atoms with E-state index in [-0.39, 0.29) is 6.54 Å². The highest BCUT2D eigenvalue weighted by Crippen LogP contribution is 2.27. The van der Waals surface area contributed by atoms with Gasteiger partial charge in [0.25, 0.3) is 0 Å². The van der Waals surface area contributed by atoms with Gasteiger partial charge in [-0.05, 0) is 24.6 Å². The maximum atomic E-state index is 13.5. The molecule has 0 spiro atoms. The number of pyridine rings is 1. The molecule has 7 nitrogen and oxygen atoms in total. The summed E-state index contributed by atoms with van der Waals surface area (Å²) in [4.78, 5) is 19.0. The molecule has 2 aromatic heterocycles.